The molecule has 3 N–H and O–H groups in total. The minimum absolute atomic E-state index is 0.0611. The Balaban J connectivity index is 1.34. The number of benzene rings is 3. The Morgan fingerprint density at radius 1 is 1.16 bits per heavy atom. The minimum Gasteiger partial charge on any atom is -0.480 e. The summed E-state index contributed by atoms with van der Waals surface area (Å²) >= 11 is 3.99. The van der Waals surface area contributed by atoms with Crippen LogP contribution in [0, 0.1) is 17.0 Å². The van der Waals surface area contributed by atoms with Crippen molar-refractivity contribution >= 4 is 68.3 Å². The molecule has 2 atom stereocenters. The van der Waals surface area contributed by atoms with Crippen LogP contribution in [0.3, 0.4) is 0 Å². The fourth-order valence-corrected chi connectivity index (χ4v) is 7.13. The number of nitrogens with zero attached hydrogens (tertiary/aromatic N) is 2. The zero-order chi connectivity index (χ0) is 26.1. The van der Waals surface area contributed by atoms with Gasteiger partial charge in [-0.15, -0.1) is 23.1 Å². The van der Waals surface area contributed by atoms with E-state index in [0.29, 0.717) is 31.8 Å². The van der Waals surface area contributed by atoms with E-state index in [1.54, 1.807) is 36.4 Å². The van der Waals surface area contributed by atoms with Crippen LogP contribution in [0.2, 0.25) is 0 Å². The van der Waals surface area contributed by atoms with Crippen LogP contribution >= 0.6 is 34.9 Å². The van der Waals surface area contributed by atoms with Crippen LogP contribution in [-0.4, -0.2) is 38.7 Å². The smallest absolute Gasteiger partial charge is 0.321 e. The first-order valence-electron chi connectivity index (χ1n) is 11.1. The lowest BCUT2D eigenvalue weighted by atomic mass is 10.1. The highest BCUT2D eigenvalue weighted by atomic mass is 32.2. The van der Waals surface area contributed by atoms with E-state index < -0.39 is 16.9 Å². The van der Waals surface area contributed by atoms with E-state index in [0.717, 1.165) is 15.8 Å². The van der Waals surface area contributed by atoms with Gasteiger partial charge in [0.15, 0.2) is 4.34 Å². The van der Waals surface area contributed by atoms with Crippen LogP contribution in [0.25, 0.3) is 10.2 Å². The summed E-state index contributed by atoms with van der Waals surface area (Å²) in [6.07, 6.45) is 0. The van der Waals surface area contributed by atoms with Crippen LogP contribution in [-0.2, 0) is 4.79 Å². The quantitative estimate of drug-likeness (QED) is 0.195. The number of thiazole rings is 1. The van der Waals surface area contributed by atoms with Crippen LogP contribution < -0.4 is 10.6 Å². The third kappa shape index (κ3) is 5.62. The van der Waals surface area contributed by atoms with Gasteiger partial charge in [-0.25, -0.2) is 4.98 Å². The highest BCUT2D eigenvalue weighted by molar-refractivity contribution is 8.01. The lowest BCUT2D eigenvalue weighted by Crippen LogP contribution is -2.33. The largest absolute Gasteiger partial charge is 0.480 e. The van der Waals surface area contributed by atoms with E-state index in [1.807, 2.05) is 25.1 Å². The highest BCUT2D eigenvalue weighted by Gasteiger charge is 2.31. The number of nitro benzene ring substituents is 1. The van der Waals surface area contributed by atoms with E-state index in [4.69, 9.17) is 0 Å². The number of fused-ring (bicyclic) bond motifs is 1. The fraction of sp³-hybridized carbons (Fsp3) is 0.160. The molecule has 37 heavy (non-hydrogen) atoms. The van der Waals surface area contributed by atoms with E-state index in [-0.39, 0.29) is 17.0 Å². The summed E-state index contributed by atoms with van der Waals surface area (Å²) < 4.78 is 1.47. The number of carbonyl (C=O) groups excluding carboxylic acids is 1. The number of aromatic nitrogens is 1. The molecular weight excluding hydrogens is 532 g/mol. The SMILES string of the molecule is Cc1ccc(C(=O)Nc2ccc3nc(Sc4ccc([C@H]5N[C@H](C(=O)O)CS5)cc4[N+](=O)[O-])sc3c2)cc1. The lowest BCUT2D eigenvalue weighted by molar-refractivity contribution is -0.387. The van der Waals surface area contributed by atoms with E-state index >= 15 is 0 Å². The molecule has 12 heteroatoms. The Hall–Kier alpha value is -3.45. The molecule has 1 aliphatic heterocycles. The first-order valence-corrected chi connectivity index (χ1v) is 13.8. The second-order valence-electron chi connectivity index (χ2n) is 8.34. The van der Waals surface area contributed by atoms with Gasteiger partial charge in [-0.2, -0.15) is 0 Å². The molecule has 1 fully saturated rings. The van der Waals surface area contributed by atoms with Crippen LogP contribution in [0.4, 0.5) is 11.4 Å². The number of rotatable bonds is 7. The number of hydrogen-bond acceptors (Lipinski definition) is 9. The van der Waals surface area contributed by atoms with E-state index in [2.05, 4.69) is 15.6 Å². The van der Waals surface area contributed by atoms with E-state index in [1.165, 1.54) is 40.9 Å². The van der Waals surface area contributed by atoms with Crippen molar-refractivity contribution in [3.05, 3.63) is 87.5 Å². The van der Waals surface area contributed by atoms with Crippen molar-refractivity contribution in [2.24, 2.45) is 0 Å². The summed E-state index contributed by atoms with van der Waals surface area (Å²) in [5, 5.41) is 26.6. The maximum atomic E-state index is 12.6. The third-order valence-electron chi connectivity index (χ3n) is 5.70. The Labute approximate surface area is 223 Å². The minimum atomic E-state index is -0.939. The predicted molar refractivity (Wildman–Crippen MR) is 146 cm³/mol. The number of hydrogen-bond donors (Lipinski definition) is 3. The molecule has 1 amide bonds. The zero-order valence-corrected chi connectivity index (χ0v) is 21.8. The molecule has 0 bridgehead atoms. The second kappa shape index (κ2) is 10.5. The Kier molecular flexibility index (Phi) is 7.15. The molecule has 0 aliphatic carbocycles. The van der Waals surface area contributed by atoms with Gasteiger partial charge in [0.2, 0.25) is 0 Å². The average Bonchev–Trinajstić information content (AvgIpc) is 3.51. The van der Waals surface area contributed by atoms with Gasteiger partial charge in [-0.1, -0.05) is 35.5 Å². The van der Waals surface area contributed by atoms with Crippen molar-refractivity contribution in [2.75, 3.05) is 11.1 Å². The number of aliphatic carboxylic acids is 1. The summed E-state index contributed by atoms with van der Waals surface area (Å²) in [7, 11) is 0. The Morgan fingerprint density at radius 3 is 2.65 bits per heavy atom. The molecule has 0 spiro atoms. The van der Waals surface area contributed by atoms with Crippen molar-refractivity contribution in [1.29, 1.82) is 0 Å². The highest BCUT2D eigenvalue weighted by Crippen LogP contribution is 2.42. The normalized spacial score (nSPS) is 17.1. The average molecular weight is 553 g/mol. The van der Waals surface area contributed by atoms with Crippen molar-refractivity contribution in [3.63, 3.8) is 0 Å². The maximum absolute atomic E-state index is 12.6. The molecule has 0 saturated carbocycles. The van der Waals surface area contributed by atoms with Crippen molar-refractivity contribution in [1.82, 2.24) is 10.3 Å². The molecule has 4 aromatic rings. The second-order valence-corrected chi connectivity index (χ2v) is 11.8. The van der Waals surface area contributed by atoms with Gasteiger partial charge >= 0.3 is 5.97 Å². The van der Waals surface area contributed by atoms with Gasteiger partial charge in [0.05, 0.1) is 25.4 Å². The Morgan fingerprint density at radius 2 is 1.95 bits per heavy atom. The number of amides is 1. The molecule has 3 aromatic carbocycles. The number of nitro groups is 1. The third-order valence-corrected chi connectivity index (χ3v) is 9.11. The predicted octanol–water partition coefficient (Wildman–Crippen LogP) is 5.70. The van der Waals surface area contributed by atoms with Gasteiger partial charge in [0.25, 0.3) is 11.6 Å². The van der Waals surface area contributed by atoms with Gasteiger partial charge in [0, 0.05) is 23.1 Å². The number of carboxylic acid groups (broad SMARTS) is 1. The summed E-state index contributed by atoms with van der Waals surface area (Å²) in [5.74, 6) is -0.757. The summed E-state index contributed by atoms with van der Waals surface area (Å²) in [6, 6.07) is 17.0. The molecule has 2 heterocycles. The van der Waals surface area contributed by atoms with E-state index in [9.17, 15) is 24.8 Å². The molecule has 5 rings (SSSR count). The topological polar surface area (TPSA) is 134 Å². The van der Waals surface area contributed by atoms with Crippen molar-refractivity contribution < 1.29 is 19.6 Å². The zero-order valence-electron chi connectivity index (χ0n) is 19.3. The molecule has 1 aliphatic rings. The standard InChI is InChI=1S/C25H20N4O5S3/c1-13-2-4-14(5-3-13)22(30)26-16-7-8-17-21(11-16)37-25(28-17)36-20-9-6-15(10-19(20)29(33)34)23-27-18(12-35-23)24(31)32/h2-11,18,23,27H,12H2,1H3,(H,26,30)(H,31,32)/t18-,23-/m0/s1. The van der Waals surface area contributed by atoms with Gasteiger partial charge in [-0.05, 0) is 48.9 Å². The number of carboxylic acids is 1. The number of thioether (sulfide) groups is 1. The van der Waals surface area contributed by atoms with Crippen molar-refractivity contribution in [2.45, 2.75) is 27.6 Å². The van der Waals surface area contributed by atoms with Crippen LogP contribution in [0.15, 0.2) is 69.9 Å². The Bertz CT molecular complexity index is 1520. The molecule has 1 aromatic heterocycles. The number of nitrogens with one attached hydrogen (secondary N) is 2. The monoisotopic (exact) mass is 552 g/mol. The number of anilines is 1. The lowest BCUT2D eigenvalue weighted by Gasteiger charge is -2.12. The molecule has 1 saturated heterocycles. The molecule has 0 radical (unpaired) electrons. The fourth-order valence-electron chi connectivity index (χ4n) is 3.76. The van der Waals surface area contributed by atoms with Crippen molar-refractivity contribution in [3.8, 4) is 0 Å². The van der Waals surface area contributed by atoms with Gasteiger partial charge in [0.1, 0.15) is 6.04 Å². The number of carbonyl (C=O) groups is 2. The summed E-state index contributed by atoms with van der Waals surface area (Å²) in [6.45, 7) is 1.96. The van der Waals surface area contributed by atoms with Gasteiger partial charge < -0.3 is 10.4 Å². The summed E-state index contributed by atoms with van der Waals surface area (Å²) in [4.78, 5) is 40.2. The van der Waals surface area contributed by atoms with Crippen LogP contribution in [0.5, 0.6) is 0 Å². The number of aryl methyl sites for hydroxylation is 1. The van der Waals surface area contributed by atoms with Crippen LogP contribution in [0.1, 0.15) is 26.9 Å². The maximum Gasteiger partial charge on any atom is 0.321 e. The summed E-state index contributed by atoms with van der Waals surface area (Å²) in [5.41, 5.74) is 3.59. The molecule has 0 unspecified atom stereocenters. The molecule has 188 valence electrons. The first kappa shape index (κ1) is 25.2. The molecule has 9 nitrogen and oxygen atoms in total. The molecular formula is C25H20N4O5S3. The van der Waals surface area contributed by atoms with Gasteiger partial charge in [-0.3, -0.25) is 25.0 Å². The first-order chi connectivity index (χ1) is 17.8.